The molecule has 0 aliphatic carbocycles. The predicted molar refractivity (Wildman–Crippen MR) is 107 cm³/mol. The van der Waals surface area contributed by atoms with Gasteiger partial charge in [-0.2, -0.15) is 0 Å². The molecule has 3 rings (SSSR count). The fourth-order valence-corrected chi connectivity index (χ4v) is 3.92. The van der Waals surface area contributed by atoms with Crippen LogP contribution in [0.15, 0.2) is 42.5 Å². The first-order valence-electron chi connectivity index (χ1n) is 6.64. The van der Waals surface area contributed by atoms with Gasteiger partial charge in [0.1, 0.15) is 0 Å². The van der Waals surface area contributed by atoms with Crippen molar-refractivity contribution < 1.29 is 4.79 Å². The van der Waals surface area contributed by atoms with E-state index in [2.05, 4.69) is 43.4 Å². The minimum atomic E-state index is -0.454. The molecule has 0 radical (unpaired) electrons. The third-order valence-electron chi connectivity index (χ3n) is 2.93. The second-order valence-corrected chi connectivity index (χ2v) is 7.58. The van der Waals surface area contributed by atoms with Gasteiger partial charge in [-0.1, -0.05) is 52.7 Å². The third kappa shape index (κ3) is 4.15. The molecular formula is C15H9Cl2IN4OS. The van der Waals surface area contributed by atoms with Gasteiger partial charge in [0.15, 0.2) is 5.01 Å². The fourth-order valence-electron chi connectivity index (χ4n) is 1.86. The summed E-state index contributed by atoms with van der Waals surface area (Å²) < 4.78 is 1.06. The summed E-state index contributed by atoms with van der Waals surface area (Å²) in [6.45, 7) is 0. The van der Waals surface area contributed by atoms with Gasteiger partial charge in [0.05, 0.1) is 10.7 Å². The van der Waals surface area contributed by atoms with Crippen molar-refractivity contribution in [3.8, 4) is 10.6 Å². The van der Waals surface area contributed by atoms with Crippen LogP contribution >= 0.6 is 57.1 Å². The summed E-state index contributed by atoms with van der Waals surface area (Å²) in [7, 11) is 0. The molecule has 0 saturated heterocycles. The Kier molecular flexibility index (Phi) is 5.54. The number of hydrogen-bond acceptors (Lipinski definition) is 4. The maximum absolute atomic E-state index is 12.1. The van der Waals surface area contributed by atoms with E-state index < -0.39 is 6.03 Å². The highest BCUT2D eigenvalue weighted by Crippen LogP contribution is 2.30. The molecule has 2 aromatic carbocycles. The molecule has 0 unspecified atom stereocenters. The van der Waals surface area contributed by atoms with Crippen LogP contribution in [0.3, 0.4) is 0 Å². The van der Waals surface area contributed by atoms with Gasteiger partial charge in [0.2, 0.25) is 5.13 Å². The van der Waals surface area contributed by atoms with E-state index in [0.29, 0.717) is 20.9 Å². The van der Waals surface area contributed by atoms with E-state index in [1.54, 1.807) is 18.2 Å². The number of carbonyl (C=O) groups excluding carboxylic acids is 1. The lowest BCUT2D eigenvalue weighted by Gasteiger charge is -2.07. The largest absolute Gasteiger partial charge is 0.325 e. The summed E-state index contributed by atoms with van der Waals surface area (Å²) in [5.74, 6) is 0. The normalized spacial score (nSPS) is 10.5. The lowest BCUT2D eigenvalue weighted by molar-refractivity contribution is 0.262. The van der Waals surface area contributed by atoms with E-state index in [1.165, 1.54) is 11.3 Å². The van der Waals surface area contributed by atoms with Crippen LogP contribution in [-0.4, -0.2) is 16.2 Å². The first-order valence-corrected chi connectivity index (χ1v) is 9.29. The van der Waals surface area contributed by atoms with Crippen molar-refractivity contribution in [3.05, 3.63) is 56.1 Å². The van der Waals surface area contributed by atoms with Crippen LogP contribution in [0.2, 0.25) is 10.0 Å². The van der Waals surface area contributed by atoms with Crippen molar-refractivity contribution in [2.24, 2.45) is 0 Å². The molecule has 0 aliphatic heterocycles. The monoisotopic (exact) mass is 490 g/mol. The van der Waals surface area contributed by atoms with Gasteiger partial charge < -0.3 is 5.32 Å². The van der Waals surface area contributed by atoms with E-state index >= 15 is 0 Å². The van der Waals surface area contributed by atoms with Gasteiger partial charge in [-0.3, -0.25) is 5.32 Å². The van der Waals surface area contributed by atoms with Crippen LogP contribution in [-0.2, 0) is 0 Å². The number of hydrogen-bond donors (Lipinski definition) is 2. The van der Waals surface area contributed by atoms with Crippen LogP contribution in [0.5, 0.6) is 0 Å². The zero-order valence-corrected chi connectivity index (χ0v) is 16.4. The molecule has 5 nitrogen and oxygen atoms in total. The molecule has 3 aromatic rings. The molecular weight excluding hydrogens is 482 g/mol. The number of nitrogens with zero attached hydrogens (tertiary/aromatic N) is 2. The van der Waals surface area contributed by atoms with E-state index in [-0.39, 0.29) is 0 Å². The molecule has 1 heterocycles. The Balaban J connectivity index is 1.70. The number of urea groups is 1. The zero-order chi connectivity index (χ0) is 17.1. The number of halogens is 3. The summed E-state index contributed by atoms with van der Waals surface area (Å²) in [6, 6.07) is 12.2. The average molecular weight is 491 g/mol. The third-order valence-corrected chi connectivity index (χ3v) is 5.29. The van der Waals surface area contributed by atoms with Crippen molar-refractivity contribution in [2.75, 3.05) is 10.6 Å². The number of amides is 2. The van der Waals surface area contributed by atoms with Gasteiger partial charge in [-0.15, -0.1) is 10.2 Å². The number of rotatable bonds is 3. The van der Waals surface area contributed by atoms with Gasteiger partial charge in [-0.25, -0.2) is 4.79 Å². The molecule has 0 saturated carbocycles. The summed E-state index contributed by atoms with van der Waals surface area (Å²) >= 11 is 15.4. The molecule has 24 heavy (non-hydrogen) atoms. The molecule has 122 valence electrons. The van der Waals surface area contributed by atoms with Crippen LogP contribution in [0.25, 0.3) is 10.6 Å². The van der Waals surface area contributed by atoms with Crippen LogP contribution in [0.1, 0.15) is 0 Å². The predicted octanol–water partition coefficient (Wildman–Crippen LogP) is 5.76. The first kappa shape index (κ1) is 17.4. The van der Waals surface area contributed by atoms with Crippen molar-refractivity contribution >= 4 is 74.0 Å². The SMILES string of the molecule is O=C(Nc1nnc(-c2ccccc2I)s1)Nc1ccc(Cl)cc1Cl. The van der Waals surface area contributed by atoms with Gasteiger partial charge in [0, 0.05) is 14.2 Å². The Morgan fingerprint density at radius 1 is 1.08 bits per heavy atom. The van der Waals surface area contributed by atoms with Crippen molar-refractivity contribution in [1.29, 1.82) is 0 Å². The highest BCUT2D eigenvalue weighted by Gasteiger charge is 2.12. The van der Waals surface area contributed by atoms with Gasteiger partial charge in [0.25, 0.3) is 0 Å². The number of benzene rings is 2. The van der Waals surface area contributed by atoms with Crippen molar-refractivity contribution in [1.82, 2.24) is 10.2 Å². The van der Waals surface area contributed by atoms with Crippen molar-refractivity contribution in [3.63, 3.8) is 0 Å². The lowest BCUT2D eigenvalue weighted by atomic mass is 10.2. The quantitative estimate of drug-likeness (QED) is 0.458. The summed E-state index contributed by atoms with van der Waals surface area (Å²) in [4.78, 5) is 12.1. The minimum Gasteiger partial charge on any atom is -0.306 e. The van der Waals surface area contributed by atoms with Crippen LogP contribution in [0.4, 0.5) is 15.6 Å². The Labute approximate surface area is 165 Å². The number of aromatic nitrogens is 2. The maximum atomic E-state index is 12.1. The van der Waals surface area contributed by atoms with E-state index in [4.69, 9.17) is 23.2 Å². The molecule has 1 aromatic heterocycles. The highest BCUT2D eigenvalue weighted by atomic mass is 127. The summed E-state index contributed by atoms with van der Waals surface area (Å²) in [5.41, 5.74) is 1.44. The summed E-state index contributed by atoms with van der Waals surface area (Å²) in [6.07, 6.45) is 0. The molecule has 2 N–H and O–H groups in total. The van der Waals surface area contributed by atoms with Crippen LogP contribution < -0.4 is 10.6 Å². The second-order valence-electron chi connectivity index (χ2n) is 4.60. The van der Waals surface area contributed by atoms with E-state index in [0.717, 1.165) is 14.1 Å². The standard InChI is InChI=1S/C15H9Cl2IN4OS/c16-8-5-6-12(10(17)7-8)19-14(23)20-15-22-21-13(24-15)9-3-1-2-4-11(9)18/h1-7H,(H2,19,20,22,23). The van der Waals surface area contributed by atoms with E-state index in [9.17, 15) is 4.79 Å². The Morgan fingerprint density at radius 2 is 1.88 bits per heavy atom. The maximum Gasteiger partial charge on any atom is 0.325 e. The van der Waals surface area contributed by atoms with Gasteiger partial charge >= 0.3 is 6.03 Å². The average Bonchev–Trinajstić information content (AvgIpc) is 2.99. The first-order chi connectivity index (χ1) is 11.5. The molecule has 0 spiro atoms. The Bertz CT molecular complexity index is 903. The fraction of sp³-hybridized carbons (Fsp3) is 0. The number of nitrogens with one attached hydrogen (secondary N) is 2. The Morgan fingerprint density at radius 3 is 2.62 bits per heavy atom. The molecule has 0 atom stereocenters. The second kappa shape index (κ2) is 7.64. The molecule has 0 aliphatic rings. The molecule has 9 heteroatoms. The zero-order valence-electron chi connectivity index (χ0n) is 11.9. The topological polar surface area (TPSA) is 66.9 Å². The summed E-state index contributed by atoms with van der Waals surface area (Å²) in [5, 5.41) is 15.4. The van der Waals surface area contributed by atoms with Crippen LogP contribution in [0, 0.1) is 3.57 Å². The Hall–Kier alpha value is -1.42. The van der Waals surface area contributed by atoms with E-state index in [1.807, 2.05) is 24.3 Å². The number of anilines is 2. The highest BCUT2D eigenvalue weighted by molar-refractivity contribution is 14.1. The smallest absolute Gasteiger partial charge is 0.306 e. The molecule has 2 amide bonds. The minimum absolute atomic E-state index is 0.356. The molecule has 0 fully saturated rings. The lowest BCUT2D eigenvalue weighted by Crippen LogP contribution is -2.19. The number of carbonyl (C=O) groups is 1. The van der Waals surface area contributed by atoms with Crippen molar-refractivity contribution in [2.45, 2.75) is 0 Å². The van der Waals surface area contributed by atoms with Gasteiger partial charge in [-0.05, 0) is 46.9 Å². The molecule has 0 bridgehead atoms.